The zero-order valence-electron chi connectivity index (χ0n) is 11.8. The van der Waals surface area contributed by atoms with E-state index < -0.39 is 0 Å². The molecule has 0 atom stereocenters. The van der Waals surface area contributed by atoms with Gasteiger partial charge in [0.15, 0.2) is 5.78 Å². The number of benzene rings is 2. The van der Waals surface area contributed by atoms with Crippen LogP contribution < -0.4 is 4.74 Å². The lowest BCUT2D eigenvalue weighted by molar-refractivity contribution is 0.103. The summed E-state index contributed by atoms with van der Waals surface area (Å²) >= 11 is 0. The van der Waals surface area contributed by atoms with E-state index in [9.17, 15) is 4.79 Å². The highest BCUT2D eigenvalue weighted by atomic mass is 16.5. The highest BCUT2D eigenvalue weighted by Gasteiger charge is 2.14. The fraction of sp³-hybridized carbons (Fsp3) is 0.235. The SMILES string of the molecule is COc1ccc(C(=O)c2cc(C)ccc2C)c(C)c1. The van der Waals surface area contributed by atoms with E-state index in [1.807, 2.05) is 57.2 Å². The van der Waals surface area contributed by atoms with Crippen molar-refractivity contribution in [3.05, 3.63) is 64.2 Å². The van der Waals surface area contributed by atoms with Gasteiger partial charge in [0.25, 0.3) is 0 Å². The molecule has 2 heteroatoms. The molecule has 0 fully saturated rings. The summed E-state index contributed by atoms with van der Waals surface area (Å²) in [7, 11) is 1.63. The first kappa shape index (κ1) is 13.3. The molecule has 98 valence electrons. The molecule has 0 saturated carbocycles. The maximum absolute atomic E-state index is 12.6. The van der Waals surface area contributed by atoms with E-state index in [4.69, 9.17) is 4.74 Å². The number of carbonyl (C=O) groups is 1. The fourth-order valence-corrected chi connectivity index (χ4v) is 2.14. The van der Waals surface area contributed by atoms with E-state index >= 15 is 0 Å². The molecule has 0 spiro atoms. The molecular formula is C17H18O2. The molecule has 0 aliphatic heterocycles. The van der Waals surface area contributed by atoms with Gasteiger partial charge in [0.1, 0.15) is 5.75 Å². The normalized spacial score (nSPS) is 10.3. The Morgan fingerprint density at radius 3 is 2.26 bits per heavy atom. The summed E-state index contributed by atoms with van der Waals surface area (Å²) in [4.78, 5) is 12.6. The van der Waals surface area contributed by atoms with Crippen LogP contribution in [0.3, 0.4) is 0 Å². The van der Waals surface area contributed by atoms with Crippen molar-refractivity contribution in [2.24, 2.45) is 0 Å². The van der Waals surface area contributed by atoms with Crippen molar-refractivity contribution in [3.8, 4) is 5.75 Å². The van der Waals surface area contributed by atoms with Crippen LogP contribution in [0.25, 0.3) is 0 Å². The first-order valence-electron chi connectivity index (χ1n) is 6.29. The van der Waals surface area contributed by atoms with Gasteiger partial charge in [-0.3, -0.25) is 4.79 Å². The van der Waals surface area contributed by atoms with Gasteiger partial charge in [0.05, 0.1) is 7.11 Å². The van der Waals surface area contributed by atoms with Gasteiger partial charge < -0.3 is 4.74 Å². The Labute approximate surface area is 114 Å². The van der Waals surface area contributed by atoms with Gasteiger partial charge in [0.2, 0.25) is 0 Å². The molecular weight excluding hydrogens is 236 g/mol. The summed E-state index contributed by atoms with van der Waals surface area (Å²) in [6.45, 7) is 5.89. The standard InChI is InChI=1S/C17H18O2/c1-11-5-6-12(2)16(9-11)17(18)15-8-7-14(19-4)10-13(15)3/h5-10H,1-4H3. The summed E-state index contributed by atoms with van der Waals surface area (Å²) in [5, 5.41) is 0. The topological polar surface area (TPSA) is 26.3 Å². The van der Waals surface area contributed by atoms with Crippen LogP contribution in [0.1, 0.15) is 32.6 Å². The van der Waals surface area contributed by atoms with E-state index in [0.717, 1.165) is 33.6 Å². The third-order valence-electron chi connectivity index (χ3n) is 3.32. The zero-order valence-corrected chi connectivity index (χ0v) is 11.8. The molecule has 0 bridgehead atoms. The largest absolute Gasteiger partial charge is 0.497 e. The molecule has 0 heterocycles. The molecule has 0 aliphatic carbocycles. The van der Waals surface area contributed by atoms with Crippen LogP contribution in [0.2, 0.25) is 0 Å². The predicted molar refractivity (Wildman–Crippen MR) is 77.1 cm³/mol. The van der Waals surface area contributed by atoms with Gasteiger partial charge in [0, 0.05) is 11.1 Å². The molecule has 0 N–H and O–H groups in total. The van der Waals surface area contributed by atoms with E-state index in [2.05, 4.69) is 0 Å². The molecule has 0 aromatic heterocycles. The number of ketones is 1. The number of rotatable bonds is 3. The highest BCUT2D eigenvalue weighted by molar-refractivity contribution is 6.10. The van der Waals surface area contributed by atoms with Crippen LogP contribution in [0.15, 0.2) is 36.4 Å². The lowest BCUT2D eigenvalue weighted by Gasteiger charge is -2.10. The molecule has 0 radical (unpaired) electrons. The summed E-state index contributed by atoms with van der Waals surface area (Å²) in [5.74, 6) is 0.844. The van der Waals surface area contributed by atoms with Crippen LogP contribution in [0, 0.1) is 20.8 Å². The summed E-state index contributed by atoms with van der Waals surface area (Å²) in [5.41, 5.74) is 4.54. The highest BCUT2D eigenvalue weighted by Crippen LogP contribution is 2.21. The molecule has 2 aromatic rings. The zero-order chi connectivity index (χ0) is 14.0. The average molecular weight is 254 g/mol. The Morgan fingerprint density at radius 2 is 1.63 bits per heavy atom. The molecule has 0 amide bonds. The average Bonchev–Trinajstić information content (AvgIpc) is 2.40. The Balaban J connectivity index is 2.47. The molecule has 19 heavy (non-hydrogen) atoms. The second-order valence-electron chi connectivity index (χ2n) is 4.83. The molecule has 2 nitrogen and oxygen atoms in total. The number of aryl methyl sites for hydroxylation is 3. The third kappa shape index (κ3) is 2.68. The van der Waals surface area contributed by atoms with Crippen molar-refractivity contribution < 1.29 is 9.53 Å². The maximum atomic E-state index is 12.6. The smallest absolute Gasteiger partial charge is 0.193 e. The third-order valence-corrected chi connectivity index (χ3v) is 3.32. The number of ether oxygens (including phenoxy) is 1. The first-order chi connectivity index (χ1) is 9.02. The minimum Gasteiger partial charge on any atom is -0.497 e. The summed E-state index contributed by atoms with van der Waals surface area (Å²) in [6, 6.07) is 11.5. The van der Waals surface area contributed by atoms with Crippen molar-refractivity contribution >= 4 is 5.78 Å². The van der Waals surface area contributed by atoms with Crippen LogP contribution in [-0.2, 0) is 0 Å². The van der Waals surface area contributed by atoms with Gasteiger partial charge in [-0.25, -0.2) is 0 Å². The Bertz CT molecular complexity index is 627. The number of methoxy groups -OCH3 is 1. The monoisotopic (exact) mass is 254 g/mol. The molecule has 2 aromatic carbocycles. The lowest BCUT2D eigenvalue weighted by atomic mass is 9.95. The Morgan fingerprint density at radius 1 is 0.895 bits per heavy atom. The minimum absolute atomic E-state index is 0.0707. The van der Waals surface area contributed by atoms with Crippen LogP contribution in [0.5, 0.6) is 5.75 Å². The van der Waals surface area contributed by atoms with E-state index in [1.54, 1.807) is 7.11 Å². The number of carbonyl (C=O) groups excluding carboxylic acids is 1. The van der Waals surface area contributed by atoms with Crippen LogP contribution in [-0.4, -0.2) is 12.9 Å². The predicted octanol–water partition coefficient (Wildman–Crippen LogP) is 3.85. The van der Waals surface area contributed by atoms with Gasteiger partial charge in [-0.15, -0.1) is 0 Å². The minimum atomic E-state index is 0.0707. The van der Waals surface area contributed by atoms with E-state index in [0.29, 0.717) is 0 Å². The molecule has 0 saturated heterocycles. The van der Waals surface area contributed by atoms with Crippen molar-refractivity contribution in [1.82, 2.24) is 0 Å². The Hall–Kier alpha value is -2.09. The van der Waals surface area contributed by atoms with Gasteiger partial charge >= 0.3 is 0 Å². The molecule has 0 aliphatic rings. The maximum Gasteiger partial charge on any atom is 0.193 e. The number of hydrogen-bond donors (Lipinski definition) is 0. The van der Waals surface area contributed by atoms with E-state index in [-0.39, 0.29) is 5.78 Å². The van der Waals surface area contributed by atoms with Crippen molar-refractivity contribution in [2.75, 3.05) is 7.11 Å². The molecule has 0 unspecified atom stereocenters. The fourth-order valence-electron chi connectivity index (χ4n) is 2.14. The second kappa shape index (κ2) is 5.27. The quantitative estimate of drug-likeness (QED) is 0.778. The second-order valence-corrected chi connectivity index (χ2v) is 4.83. The van der Waals surface area contributed by atoms with Crippen LogP contribution >= 0.6 is 0 Å². The number of hydrogen-bond acceptors (Lipinski definition) is 2. The van der Waals surface area contributed by atoms with E-state index in [1.165, 1.54) is 0 Å². The van der Waals surface area contributed by atoms with Crippen molar-refractivity contribution in [3.63, 3.8) is 0 Å². The summed E-state index contributed by atoms with van der Waals surface area (Å²) < 4.78 is 5.17. The molecule has 2 rings (SSSR count). The first-order valence-corrected chi connectivity index (χ1v) is 6.29. The van der Waals surface area contributed by atoms with Gasteiger partial charge in [-0.2, -0.15) is 0 Å². The van der Waals surface area contributed by atoms with Gasteiger partial charge in [-0.1, -0.05) is 17.7 Å². The van der Waals surface area contributed by atoms with Crippen LogP contribution in [0.4, 0.5) is 0 Å². The van der Waals surface area contributed by atoms with Crippen molar-refractivity contribution in [2.45, 2.75) is 20.8 Å². The Kier molecular flexibility index (Phi) is 3.70. The summed E-state index contributed by atoms with van der Waals surface area (Å²) in [6.07, 6.45) is 0. The lowest BCUT2D eigenvalue weighted by Crippen LogP contribution is -2.06. The van der Waals surface area contributed by atoms with Crippen molar-refractivity contribution in [1.29, 1.82) is 0 Å². The van der Waals surface area contributed by atoms with Gasteiger partial charge in [-0.05, 0) is 56.2 Å².